The quantitative estimate of drug-likeness (QED) is 0.419. The van der Waals surface area contributed by atoms with Crippen molar-refractivity contribution in [3.63, 3.8) is 0 Å². The van der Waals surface area contributed by atoms with Gasteiger partial charge in [0.05, 0.1) is 31.5 Å². The number of fused-ring (bicyclic) bond motifs is 1. The van der Waals surface area contributed by atoms with Gasteiger partial charge in [-0.25, -0.2) is 4.79 Å². The molecular formula is C26H35NO6S. The van der Waals surface area contributed by atoms with Crippen molar-refractivity contribution < 1.29 is 28.5 Å². The molecule has 1 atom stereocenters. The van der Waals surface area contributed by atoms with Crippen molar-refractivity contribution in [3.05, 3.63) is 33.7 Å². The summed E-state index contributed by atoms with van der Waals surface area (Å²) in [4.78, 5) is 27.5. The van der Waals surface area contributed by atoms with Gasteiger partial charge in [0.2, 0.25) is 5.75 Å². The lowest BCUT2D eigenvalue weighted by atomic mass is 9.88. The van der Waals surface area contributed by atoms with Gasteiger partial charge >= 0.3 is 5.97 Å². The van der Waals surface area contributed by atoms with E-state index in [0.29, 0.717) is 59.1 Å². The lowest BCUT2D eigenvalue weighted by molar-refractivity contribution is 0.0378. The van der Waals surface area contributed by atoms with Gasteiger partial charge in [-0.2, -0.15) is 0 Å². The minimum atomic E-state index is -0.394. The summed E-state index contributed by atoms with van der Waals surface area (Å²) < 4.78 is 22.7. The molecule has 2 aromatic rings. The van der Waals surface area contributed by atoms with Crippen molar-refractivity contribution in [1.82, 2.24) is 0 Å². The maximum absolute atomic E-state index is 13.4. The highest BCUT2D eigenvalue weighted by Gasteiger charge is 2.30. The minimum absolute atomic E-state index is 0.247. The Kier molecular flexibility index (Phi) is 8.83. The van der Waals surface area contributed by atoms with Gasteiger partial charge in [0, 0.05) is 10.4 Å². The Balaban J connectivity index is 1.99. The SMILES string of the molecule is CCOc1cc(C(=O)Nc2sc3c(c2C(=O)OC(C)C)CC[C@H](C)C3)cc(OCC)c1OCC. The maximum atomic E-state index is 13.4. The first-order chi connectivity index (χ1) is 16.3. The van der Waals surface area contributed by atoms with E-state index in [1.54, 1.807) is 12.1 Å². The number of benzene rings is 1. The average Bonchev–Trinajstić information content (AvgIpc) is 3.12. The molecule has 1 amide bonds. The summed E-state index contributed by atoms with van der Waals surface area (Å²) in [5.41, 5.74) is 1.84. The second kappa shape index (κ2) is 11.6. The van der Waals surface area contributed by atoms with E-state index >= 15 is 0 Å². The van der Waals surface area contributed by atoms with Gasteiger partial charge in [0.1, 0.15) is 5.00 Å². The van der Waals surface area contributed by atoms with Crippen LogP contribution in [0.2, 0.25) is 0 Å². The van der Waals surface area contributed by atoms with Crippen LogP contribution in [0, 0.1) is 5.92 Å². The number of rotatable bonds is 10. The van der Waals surface area contributed by atoms with E-state index in [1.807, 2.05) is 34.6 Å². The van der Waals surface area contributed by atoms with Crippen molar-refractivity contribution in [2.24, 2.45) is 5.92 Å². The van der Waals surface area contributed by atoms with Gasteiger partial charge in [0.25, 0.3) is 5.91 Å². The number of hydrogen-bond acceptors (Lipinski definition) is 7. The van der Waals surface area contributed by atoms with Gasteiger partial charge in [-0.15, -0.1) is 11.3 Å². The van der Waals surface area contributed by atoms with Crippen LogP contribution in [0.25, 0.3) is 0 Å². The second-order valence-electron chi connectivity index (χ2n) is 8.56. The molecule has 1 heterocycles. The summed E-state index contributed by atoms with van der Waals surface area (Å²) in [6.45, 7) is 12.7. The predicted octanol–water partition coefficient (Wildman–Crippen LogP) is 5.89. The number of thiophene rings is 1. The zero-order chi connectivity index (χ0) is 24.8. The van der Waals surface area contributed by atoms with Crippen molar-refractivity contribution in [1.29, 1.82) is 0 Å². The number of ether oxygens (including phenoxy) is 4. The zero-order valence-corrected chi connectivity index (χ0v) is 21.7. The molecule has 0 saturated heterocycles. The Morgan fingerprint density at radius 3 is 2.24 bits per heavy atom. The first kappa shape index (κ1) is 25.9. The first-order valence-electron chi connectivity index (χ1n) is 12.0. The molecule has 1 aromatic carbocycles. The number of esters is 1. The van der Waals surface area contributed by atoms with Crippen LogP contribution in [0.4, 0.5) is 5.00 Å². The van der Waals surface area contributed by atoms with Gasteiger partial charge in [-0.3, -0.25) is 4.79 Å². The molecule has 0 saturated carbocycles. The molecule has 0 radical (unpaired) electrons. The molecule has 186 valence electrons. The molecule has 0 aliphatic heterocycles. The number of carbonyl (C=O) groups is 2. The summed E-state index contributed by atoms with van der Waals surface area (Å²) in [5, 5.41) is 3.50. The summed E-state index contributed by atoms with van der Waals surface area (Å²) in [5.74, 6) is 1.16. The van der Waals surface area contributed by atoms with Crippen LogP contribution in [-0.4, -0.2) is 37.8 Å². The van der Waals surface area contributed by atoms with Crippen molar-refractivity contribution in [2.45, 2.75) is 66.9 Å². The third-order valence-corrected chi connectivity index (χ3v) is 6.63. The molecule has 1 aromatic heterocycles. The highest BCUT2D eigenvalue weighted by molar-refractivity contribution is 7.17. The number of carbonyl (C=O) groups excluding carboxylic acids is 2. The molecule has 7 nitrogen and oxygen atoms in total. The van der Waals surface area contributed by atoms with E-state index in [0.717, 1.165) is 29.7 Å². The molecule has 0 unspecified atom stereocenters. The molecule has 1 aliphatic rings. The largest absolute Gasteiger partial charge is 0.490 e. The Morgan fingerprint density at radius 2 is 1.68 bits per heavy atom. The second-order valence-corrected chi connectivity index (χ2v) is 9.67. The normalized spacial score (nSPS) is 15.0. The maximum Gasteiger partial charge on any atom is 0.341 e. The fourth-order valence-corrected chi connectivity index (χ4v) is 5.42. The van der Waals surface area contributed by atoms with Gasteiger partial charge in [-0.1, -0.05) is 6.92 Å². The number of hydrogen-bond donors (Lipinski definition) is 1. The van der Waals surface area contributed by atoms with Crippen LogP contribution in [0.5, 0.6) is 17.2 Å². The molecule has 0 bridgehead atoms. The molecule has 0 spiro atoms. The van der Waals surface area contributed by atoms with Gasteiger partial charge < -0.3 is 24.3 Å². The summed E-state index contributed by atoms with van der Waals surface area (Å²) in [7, 11) is 0. The van der Waals surface area contributed by atoms with E-state index in [-0.39, 0.29) is 12.0 Å². The predicted molar refractivity (Wildman–Crippen MR) is 134 cm³/mol. The standard InChI is InChI=1S/C26H35NO6S/c1-7-30-19-13-17(14-20(31-8-2)23(19)32-9-3)24(28)27-25-22(26(29)33-15(4)5)18-11-10-16(6)12-21(18)34-25/h13-16H,7-12H2,1-6H3,(H,27,28)/t16-/m0/s1. The molecular weight excluding hydrogens is 454 g/mol. The number of anilines is 1. The lowest BCUT2D eigenvalue weighted by Crippen LogP contribution is -2.19. The third-order valence-electron chi connectivity index (χ3n) is 5.46. The molecule has 1 N–H and O–H groups in total. The molecule has 34 heavy (non-hydrogen) atoms. The van der Waals surface area contributed by atoms with Crippen LogP contribution in [0.15, 0.2) is 12.1 Å². The Bertz CT molecular complexity index is 1000. The fourth-order valence-electron chi connectivity index (χ4n) is 4.02. The third kappa shape index (κ3) is 5.84. The first-order valence-corrected chi connectivity index (χ1v) is 12.8. The van der Waals surface area contributed by atoms with E-state index in [9.17, 15) is 9.59 Å². The lowest BCUT2D eigenvalue weighted by Gasteiger charge is -2.19. The monoisotopic (exact) mass is 489 g/mol. The number of amides is 1. The Labute approximate surface area is 205 Å². The minimum Gasteiger partial charge on any atom is -0.490 e. The van der Waals surface area contributed by atoms with Crippen LogP contribution in [-0.2, 0) is 17.6 Å². The Hall–Kier alpha value is -2.74. The van der Waals surface area contributed by atoms with Crippen LogP contribution >= 0.6 is 11.3 Å². The highest BCUT2D eigenvalue weighted by Crippen LogP contribution is 2.42. The molecule has 3 rings (SSSR count). The molecule has 8 heteroatoms. The van der Waals surface area contributed by atoms with E-state index < -0.39 is 5.97 Å². The van der Waals surface area contributed by atoms with E-state index in [4.69, 9.17) is 18.9 Å². The van der Waals surface area contributed by atoms with Crippen molar-refractivity contribution in [3.8, 4) is 17.2 Å². The zero-order valence-electron chi connectivity index (χ0n) is 20.9. The fraction of sp³-hybridized carbons (Fsp3) is 0.538. The van der Waals surface area contributed by atoms with Crippen molar-refractivity contribution in [2.75, 3.05) is 25.1 Å². The smallest absolute Gasteiger partial charge is 0.341 e. The summed E-state index contributed by atoms with van der Waals surface area (Å²) in [6.07, 6.45) is 2.46. The van der Waals surface area contributed by atoms with Crippen molar-refractivity contribution >= 4 is 28.2 Å². The number of nitrogens with one attached hydrogen (secondary N) is 1. The van der Waals surface area contributed by atoms with Gasteiger partial charge in [0.15, 0.2) is 11.5 Å². The summed E-state index contributed by atoms with van der Waals surface area (Å²) >= 11 is 1.46. The van der Waals surface area contributed by atoms with E-state index in [1.165, 1.54) is 11.3 Å². The average molecular weight is 490 g/mol. The van der Waals surface area contributed by atoms with Crippen LogP contribution < -0.4 is 19.5 Å². The topological polar surface area (TPSA) is 83.1 Å². The molecule has 1 aliphatic carbocycles. The van der Waals surface area contributed by atoms with E-state index in [2.05, 4.69) is 12.2 Å². The Morgan fingerprint density at radius 1 is 1.06 bits per heavy atom. The summed E-state index contributed by atoms with van der Waals surface area (Å²) in [6, 6.07) is 3.29. The highest BCUT2D eigenvalue weighted by atomic mass is 32.1. The van der Waals surface area contributed by atoms with Gasteiger partial charge in [-0.05, 0) is 77.5 Å². The van der Waals surface area contributed by atoms with Crippen LogP contribution in [0.3, 0.4) is 0 Å². The van der Waals surface area contributed by atoms with Crippen LogP contribution in [0.1, 0.15) is 79.1 Å². The molecule has 0 fully saturated rings.